The third-order valence-corrected chi connectivity index (χ3v) is 2.49. The maximum absolute atomic E-state index is 5.80. The van der Waals surface area contributed by atoms with Gasteiger partial charge in [-0.3, -0.25) is 0 Å². The Balaban J connectivity index is 2.01. The molecule has 0 bridgehead atoms. The molecule has 0 saturated heterocycles. The minimum Gasteiger partial charge on any atom is -0.307 e. The van der Waals surface area contributed by atoms with E-state index in [4.69, 9.17) is 11.6 Å². The van der Waals surface area contributed by atoms with Crippen LogP contribution in [-0.4, -0.2) is 12.6 Å². The number of rotatable bonds is 2. The van der Waals surface area contributed by atoms with Crippen molar-refractivity contribution in [3.63, 3.8) is 0 Å². The number of hydrogen-bond donors (Lipinski definition) is 1. The first-order valence-corrected chi connectivity index (χ1v) is 4.87. The summed E-state index contributed by atoms with van der Waals surface area (Å²) in [5.74, 6) is 0. The van der Waals surface area contributed by atoms with Crippen molar-refractivity contribution >= 4 is 11.6 Å². The maximum Gasteiger partial charge on any atom is 0.0406 e. The summed E-state index contributed by atoms with van der Waals surface area (Å²) in [5.41, 5.74) is 1.33. The minimum absolute atomic E-state index is 0.501. The molecule has 1 nitrogen and oxygen atoms in total. The quantitative estimate of drug-likeness (QED) is 0.712. The molecule has 1 aromatic rings. The fourth-order valence-corrected chi connectivity index (χ4v) is 1.66. The first kappa shape index (κ1) is 8.79. The summed E-state index contributed by atoms with van der Waals surface area (Å²) in [5, 5.41) is 4.18. The standard InChI is InChI=1S/C11H12ClN/c12-10-5-3-9(4-6-10)8-11-2-1-7-13-11/h1-6,11,13H,7-8H2. The van der Waals surface area contributed by atoms with Crippen molar-refractivity contribution in [2.24, 2.45) is 0 Å². The zero-order valence-corrected chi connectivity index (χ0v) is 8.09. The molecule has 0 saturated carbocycles. The fraction of sp³-hybridized carbons (Fsp3) is 0.273. The summed E-state index contributed by atoms with van der Waals surface area (Å²) in [7, 11) is 0. The molecule has 0 spiro atoms. The number of hydrogen-bond acceptors (Lipinski definition) is 1. The largest absolute Gasteiger partial charge is 0.307 e. The van der Waals surface area contributed by atoms with Crippen LogP contribution in [0.4, 0.5) is 0 Å². The number of halogens is 1. The zero-order valence-electron chi connectivity index (χ0n) is 7.33. The van der Waals surface area contributed by atoms with Gasteiger partial charge in [0, 0.05) is 17.6 Å². The van der Waals surface area contributed by atoms with E-state index in [-0.39, 0.29) is 0 Å². The van der Waals surface area contributed by atoms with Gasteiger partial charge in [0.2, 0.25) is 0 Å². The Morgan fingerprint density at radius 3 is 2.69 bits per heavy atom. The molecule has 0 aromatic heterocycles. The summed E-state index contributed by atoms with van der Waals surface area (Å²) < 4.78 is 0. The van der Waals surface area contributed by atoms with Crippen LogP contribution in [0.3, 0.4) is 0 Å². The van der Waals surface area contributed by atoms with Crippen molar-refractivity contribution in [2.45, 2.75) is 12.5 Å². The normalized spacial score (nSPS) is 20.8. The molecule has 0 aliphatic carbocycles. The lowest BCUT2D eigenvalue weighted by molar-refractivity contribution is 0.665. The van der Waals surface area contributed by atoms with Crippen LogP contribution in [0, 0.1) is 0 Å². The Labute approximate surface area is 83.4 Å². The van der Waals surface area contributed by atoms with E-state index >= 15 is 0 Å². The molecule has 1 heterocycles. The molecule has 68 valence electrons. The predicted molar refractivity (Wildman–Crippen MR) is 56.1 cm³/mol. The summed E-state index contributed by atoms with van der Waals surface area (Å²) in [6.45, 7) is 0.998. The highest BCUT2D eigenvalue weighted by atomic mass is 35.5. The Hall–Kier alpha value is -0.790. The van der Waals surface area contributed by atoms with E-state index in [0.29, 0.717) is 6.04 Å². The lowest BCUT2D eigenvalue weighted by atomic mass is 10.1. The van der Waals surface area contributed by atoms with Gasteiger partial charge in [-0.15, -0.1) is 0 Å². The van der Waals surface area contributed by atoms with Crippen molar-refractivity contribution < 1.29 is 0 Å². The first-order chi connectivity index (χ1) is 6.34. The highest BCUT2D eigenvalue weighted by Crippen LogP contribution is 2.12. The Bertz CT molecular complexity index is 302. The molecular weight excluding hydrogens is 182 g/mol. The lowest BCUT2D eigenvalue weighted by Crippen LogP contribution is -2.24. The van der Waals surface area contributed by atoms with E-state index in [2.05, 4.69) is 29.6 Å². The molecule has 13 heavy (non-hydrogen) atoms. The van der Waals surface area contributed by atoms with Crippen LogP contribution in [-0.2, 0) is 6.42 Å². The molecule has 0 radical (unpaired) electrons. The van der Waals surface area contributed by atoms with Gasteiger partial charge in [0.05, 0.1) is 0 Å². The van der Waals surface area contributed by atoms with E-state index in [1.807, 2.05) is 12.1 Å². The van der Waals surface area contributed by atoms with Gasteiger partial charge in [-0.2, -0.15) is 0 Å². The van der Waals surface area contributed by atoms with Crippen molar-refractivity contribution in [2.75, 3.05) is 6.54 Å². The summed E-state index contributed by atoms with van der Waals surface area (Å²) in [4.78, 5) is 0. The monoisotopic (exact) mass is 193 g/mol. The molecule has 1 aliphatic rings. The summed E-state index contributed by atoms with van der Waals surface area (Å²) in [6.07, 6.45) is 5.43. The van der Waals surface area contributed by atoms with E-state index in [9.17, 15) is 0 Å². The van der Waals surface area contributed by atoms with Gasteiger partial charge in [-0.05, 0) is 24.1 Å². The predicted octanol–water partition coefficient (Wildman–Crippen LogP) is 2.41. The minimum atomic E-state index is 0.501. The maximum atomic E-state index is 5.80. The first-order valence-electron chi connectivity index (χ1n) is 4.49. The second-order valence-electron chi connectivity index (χ2n) is 3.27. The molecule has 2 rings (SSSR count). The van der Waals surface area contributed by atoms with Gasteiger partial charge in [-0.25, -0.2) is 0 Å². The third-order valence-electron chi connectivity index (χ3n) is 2.24. The van der Waals surface area contributed by atoms with E-state index in [1.54, 1.807) is 0 Å². The van der Waals surface area contributed by atoms with Gasteiger partial charge in [0.1, 0.15) is 0 Å². The Morgan fingerprint density at radius 1 is 1.31 bits per heavy atom. The average molecular weight is 194 g/mol. The highest BCUT2D eigenvalue weighted by Gasteiger charge is 2.07. The van der Waals surface area contributed by atoms with Crippen LogP contribution in [0.15, 0.2) is 36.4 Å². The van der Waals surface area contributed by atoms with Crippen molar-refractivity contribution in [1.29, 1.82) is 0 Å². The summed E-state index contributed by atoms with van der Waals surface area (Å²) >= 11 is 5.80. The molecule has 0 fully saturated rings. The van der Waals surface area contributed by atoms with Gasteiger partial charge < -0.3 is 5.32 Å². The van der Waals surface area contributed by atoms with Crippen LogP contribution < -0.4 is 5.32 Å². The molecule has 1 atom stereocenters. The molecule has 1 aromatic carbocycles. The molecule has 0 amide bonds. The molecule has 2 heteroatoms. The topological polar surface area (TPSA) is 12.0 Å². The van der Waals surface area contributed by atoms with E-state index < -0.39 is 0 Å². The highest BCUT2D eigenvalue weighted by molar-refractivity contribution is 6.30. The lowest BCUT2D eigenvalue weighted by Gasteiger charge is -2.08. The number of benzene rings is 1. The smallest absolute Gasteiger partial charge is 0.0406 e. The van der Waals surface area contributed by atoms with Crippen LogP contribution in [0.1, 0.15) is 5.56 Å². The van der Waals surface area contributed by atoms with Gasteiger partial charge in [0.15, 0.2) is 0 Å². The van der Waals surface area contributed by atoms with Crippen LogP contribution in [0.5, 0.6) is 0 Å². The fourth-order valence-electron chi connectivity index (χ4n) is 1.53. The third kappa shape index (κ3) is 2.33. The number of nitrogens with one attached hydrogen (secondary N) is 1. The van der Waals surface area contributed by atoms with Gasteiger partial charge >= 0.3 is 0 Å². The average Bonchev–Trinajstić information content (AvgIpc) is 2.62. The molecule has 1 N–H and O–H groups in total. The zero-order chi connectivity index (χ0) is 9.10. The van der Waals surface area contributed by atoms with Crippen LogP contribution >= 0.6 is 11.6 Å². The van der Waals surface area contributed by atoms with Gasteiger partial charge in [0.25, 0.3) is 0 Å². The van der Waals surface area contributed by atoms with Gasteiger partial charge in [-0.1, -0.05) is 35.9 Å². The Kier molecular flexibility index (Phi) is 2.67. The molecule has 1 aliphatic heterocycles. The molecule has 1 unspecified atom stereocenters. The molecular formula is C11H12ClN. The van der Waals surface area contributed by atoms with Crippen molar-refractivity contribution in [3.8, 4) is 0 Å². The second-order valence-corrected chi connectivity index (χ2v) is 3.71. The van der Waals surface area contributed by atoms with Crippen LogP contribution in [0.25, 0.3) is 0 Å². The summed E-state index contributed by atoms with van der Waals surface area (Å²) in [6, 6.07) is 8.54. The van der Waals surface area contributed by atoms with E-state index in [0.717, 1.165) is 18.0 Å². The van der Waals surface area contributed by atoms with Crippen molar-refractivity contribution in [1.82, 2.24) is 5.32 Å². The van der Waals surface area contributed by atoms with E-state index in [1.165, 1.54) is 5.56 Å². The Morgan fingerprint density at radius 2 is 2.08 bits per heavy atom. The SMILES string of the molecule is Clc1ccc(CC2C=CCN2)cc1. The van der Waals surface area contributed by atoms with Crippen molar-refractivity contribution in [3.05, 3.63) is 47.0 Å². The van der Waals surface area contributed by atoms with Crippen LogP contribution in [0.2, 0.25) is 5.02 Å². The second kappa shape index (κ2) is 3.95.